The first-order valence-corrected chi connectivity index (χ1v) is 7.19. The van der Waals surface area contributed by atoms with Crippen molar-refractivity contribution in [3.8, 4) is 0 Å². The van der Waals surface area contributed by atoms with E-state index in [4.69, 9.17) is 4.74 Å². The second-order valence-electron chi connectivity index (χ2n) is 5.70. The van der Waals surface area contributed by atoms with E-state index in [1.807, 2.05) is 20.8 Å². The molecule has 1 aliphatic heterocycles. The highest BCUT2D eigenvalue weighted by Gasteiger charge is 2.26. The Morgan fingerprint density at radius 2 is 2.11 bits per heavy atom. The molecule has 0 saturated carbocycles. The molecule has 1 rings (SSSR count). The van der Waals surface area contributed by atoms with E-state index in [9.17, 15) is 4.79 Å². The van der Waals surface area contributed by atoms with Crippen molar-refractivity contribution in [1.82, 2.24) is 5.32 Å². The molecule has 0 unspecified atom stereocenters. The molecule has 0 aromatic heterocycles. The maximum atomic E-state index is 11.8. The van der Waals surface area contributed by atoms with Gasteiger partial charge in [-0.1, -0.05) is 13.8 Å². The zero-order valence-electron chi connectivity index (χ0n) is 11.6. The molecule has 1 amide bonds. The number of halogens is 1. The van der Waals surface area contributed by atoms with Crippen molar-refractivity contribution in [2.24, 2.45) is 10.9 Å². The van der Waals surface area contributed by atoms with Crippen LogP contribution in [0.5, 0.6) is 0 Å². The van der Waals surface area contributed by atoms with Crippen LogP contribution in [0.2, 0.25) is 0 Å². The van der Waals surface area contributed by atoms with Gasteiger partial charge in [0.25, 0.3) is 0 Å². The fraction of sp³-hybridized carbons (Fsp3) is 0.692. The average Bonchev–Trinajstić information content (AvgIpc) is 2.57. The molecule has 1 heterocycles. The average molecular weight is 364 g/mol. The zero-order chi connectivity index (χ0) is 13.9. The maximum absolute atomic E-state index is 11.8. The predicted octanol–water partition coefficient (Wildman–Crippen LogP) is 3.66. The van der Waals surface area contributed by atoms with E-state index >= 15 is 0 Å². The number of nitrogens with zero attached hydrogens (tertiary/aromatic N) is 1. The lowest BCUT2D eigenvalue weighted by Crippen LogP contribution is -2.46. The summed E-state index contributed by atoms with van der Waals surface area (Å²) in [5, 5.41) is 2.91. The maximum Gasteiger partial charge on any atom is 0.408 e. The molecule has 0 saturated heterocycles. The molecule has 0 radical (unpaired) electrons. The first-order valence-electron chi connectivity index (χ1n) is 6.11. The summed E-state index contributed by atoms with van der Waals surface area (Å²) in [5.74, 6) is 0.284. The summed E-state index contributed by atoms with van der Waals surface area (Å²) in [6.07, 6.45) is 2.48. The lowest BCUT2D eigenvalue weighted by atomic mass is 9.98. The minimum atomic E-state index is -0.476. The smallest absolute Gasteiger partial charge is 0.408 e. The van der Waals surface area contributed by atoms with Crippen LogP contribution in [-0.2, 0) is 4.74 Å². The minimum Gasteiger partial charge on any atom is -0.444 e. The third-order valence-electron chi connectivity index (χ3n) is 2.43. The van der Waals surface area contributed by atoms with Gasteiger partial charge in [0.05, 0.1) is 9.75 Å². The number of nitrogens with one attached hydrogen (secondary N) is 1. The van der Waals surface area contributed by atoms with Gasteiger partial charge in [0.1, 0.15) is 5.60 Å². The third-order valence-corrected chi connectivity index (χ3v) is 3.11. The Morgan fingerprint density at radius 3 is 2.50 bits per heavy atom. The van der Waals surface area contributed by atoms with E-state index in [-0.39, 0.29) is 18.1 Å². The molecule has 4 nitrogen and oxygen atoms in total. The van der Waals surface area contributed by atoms with Gasteiger partial charge in [-0.05, 0) is 55.4 Å². The van der Waals surface area contributed by atoms with Gasteiger partial charge in [0.2, 0.25) is 0 Å². The first kappa shape index (κ1) is 15.5. The van der Waals surface area contributed by atoms with Gasteiger partial charge < -0.3 is 10.1 Å². The summed E-state index contributed by atoms with van der Waals surface area (Å²) in [7, 11) is 0. The molecule has 1 N–H and O–H groups in total. The molecule has 5 heteroatoms. The number of ether oxygens (including phenoxy) is 1. The summed E-state index contributed by atoms with van der Waals surface area (Å²) in [4.78, 5) is 16.3. The molecule has 1 atom stereocenters. The number of aliphatic imine (C=N–C) groups is 1. The number of alkyl carbamates (subject to hydrolysis) is 1. The molecule has 0 spiro atoms. The van der Waals surface area contributed by atoms with Gasteiger partial charge in [-0.2, -0.15) is 0 Å². The van der Waals surface area contributed by atoms with Crippen molar-refractivity contribution in [1.29, 1.82) is 0 Å². The summed E-state index contributed by atoms with van der Waals surface area (Å²) >= 11 is 2.19. The highest BCUT2D eigenvalue weighted by molar-refractivity contribution is 14.1. The Bertz CT molecular complexity index is 381. The SMILES string of the molecule is CC(C)[C@H](NC(=O)OC(C)(C)C)C1=NC(I)=CC1. The molecule has 0 bridgehead atoms. The van der Waals surface area contributed by atoms with Crippen LogP contribution in [0.4, 0.5) is 4.79 Å². The molecule has 0 aliphatic carbocycles. The molecule has 0 aromatic rings. The van der Waals surface area contributed by atoms with Gasteiger partial charge in [-0.3, -0.25) is 0 Å². The fourth-order valence-corrected chi connectivity index (χ4v) is 2.21. The summed E-state index contributed by atoms with van der Waals surface area (Å²) < 4.78 is 6.27. The highest BCUT2D eigenvalue weighted by Crippen LogP contribution is 2.21. The normalized spacial score (nSPS) is 17.3. The Kier molecular flexibility index (Phi) is 5.19. The fourth-order valence-electron chi connectivity index (χ4n) is 1.68. The number of allylic oxidation sites excluding steroid dienone is 1. The van der Waals surface area contributed by atoms with Crippen LogP contribution < -0.4 is 5.32 Å². The quantitative estimate of drug-likeness (QED) is 0.614. The van der Waals surface area contributed by atoms with Gasteiger partial charge in [-0.15, -0.1) is 0 Å². The van der Waals surface area contributed by atoms with E-state index in [1.54, 1.807) is 0 Å². The van der Waals surface area contributed by atoms with E-state index < -0.39 is 5.60 Å². The molecule has 102 valence electrons. The first-order chi connectivity index (χ1) is 8.19. The van der Waals surface area contributed by atoms with Gasteiger partial charge in [0.15, 0.2) is 0 Å². The molecule has 18 heavy (non-hydrogen) atoms. The molecule has 1 aliphatic rings. The zero-order valence-corrected chi connectivity index (χ0v) is 13.7. The lowest BCUT2D eigenvalue weighted by molar-refractivity contribution is 0.0508. The van der Waals surface area contributed by atoms with Crippen molar-refractivity contribution in [3.05, 3.63) is 9.78 Å². The van der Waals surface area contributed by atoms with Gasteiger partial charge in [0, 0.05) is 12.1 Å². The summed E-state index contributed by atoms with van der Waals surface area (Å²) in [6.45, 7) is 9.70. The summed E-state index contributed by atoms with van der Waals surface area (Å²) in [6, 6.07) is -0.0663. The molecule has 0 aromatic carbocycles. The van der Waals surface area contributed by atoms with Gasteiger partial charge >= 0.3 is 6.09 Å². The van der Waals surface area contributed by atoms with Crippen LogP contribution in [0.3, 0.4) is 0 Å². The van der Waals surface area contributed by atoms with Crippen molar-refractivity contribution < 1.29 is 9.53 Å². The standard InChI is InChI=1S/C13H21IN2O2/c1-8(2)11(9-6-7-10(14)15-9)16-12(17)18-13(3,4)5/h7-8,11H,6H2,1-5H3,(H,16,17)/t11-/m0/s1. The number of rotatable bonds is 3. The monoisotopic (exact) mass is 364 g/mol. The molecular weight excluding hydrogens is 343 g/mol. The Morgan fingerprint density at radius 1 is 1.50 bits per heavy atom. The van der Waals surface area contributed by atoms with Crippen LogP contribution in [0, 0.1) is 5.92 Å². The van der Waals surface area contributed by atoms with Crippen molar-refractivity contribution in [2.75, 3.05) is 0 Å². The van der Waals surface area contributed by atoms with E-state index in [2.05, 4.69) is 52.8 Å². The number of hydrogen-bond acceptors (Lipinski definition) is 3. The minimum absolute atomic E-state index is 0.0663. The van der Waals surface area contributed by atoms with Crippen molar-refractivity contribution in [3.63, 3.8) is 0 Å². The largest absolute Gasteiger partial charge is 0.444 e. The Balaban J connectivity index is 2.65. The number of carbonyl (C=O) groups is 1. The van der Waals surface area contributed by atoms with Crippen LogP contribution in [0.15, 0.2) is 14.8 Å². The second-order valence-corrected chi connectivity index (χ2v) is 6.81. The second kappa shape index (κ2) is 6.04. The van der Waals surface area contributed by atoms with Gasteiger partial charge in [-0.25, -0.2) is 9.79 Å². The number of hydrogen-bond donors (Lipinski definition) is 1. The molecule has 0 fully saturated rings. The third kappa shape index (κ3) is 4.96. The van der Waals surface area contributed by atoms with Crippen LogP contribution in [-0.4, -0.2) is 23.4 Å². The van der Waals surface area contributed by atoms with Crippen LogP contribution in [0.1, 0.15) is 41.0 Å². The highest BCUT2D eigenvalue weighted by atomic mass is 127. The van der Waals surface area contributed by atoms with E-state index in [0.717, 1.165) is 15.8 Å². The lowest BCUT2D eigenvalue weighted by Gasteiger charge is -2.25. The number of carbonyl (C=O) groups excluding carboxylic acids is 1. The number of amides is 1. The predicted molar refractivity (Wildman–Crippen MR) is 82.2 cm³/mol. The van der Waals surface area contributed by atoms with E-state index in [1.165, 1.54) is 0 Å². The van der Waals surface area contributed by atoms with Crippen molar-refractivity contribution >= 4 is 34.4 Å². The van der Waals surface area contributed by atoms with Crippen molar-refractivity contribution in [2.45, 2.75) is 52.7 Å². The van der Waals surface area contributed by atoms with E-state index in [0.29, 0.717) is 0 Å². The summed E-state index contributed by atoms with van der Waals surface area (Å²) in [5.41, 5.74) is 0.524. The topological polar surface area (TPSA) is 50.7 Å². The Hall–Kier alpha value is -0.590. The Labute approximate surface area is 122 Å². The van der Waals surface area contributed by atoms with Crippen LogP contribution in [0.25, 0.3) is 0 Å². The molecular formula is C13H21IN2O2. The van der Waals surface area contributed by atoms with Crippen LogP contribution >= 0.6 is 22.6 Å².